The summed E-state index contributed by atoms with van der Waals surface area (Å²) in [6, 6.07) is 15.8. The maximum atomic E-state index is 13.0. The van der Waals surface area contributed by atoms with Crippen molar-refractivity contribution in [2.45, 2.75) is 38.5 Å². The number of anilines is 1. The zero-order valence-corrected chi connectivity index (χ0v) is 20.3. The van der Waals surface area contributed by atoms with Gasteiger partial charge in [-0.25, -0.2) is 13.1 Å². The summed E-state index contributed by atoms with van der Waals surface area (Å²) in [6.07, 6.45) is 0.857. The number of nitrogens with zero attached hydrogens (tertiary/aromatic N) is 4. The average molecular weight is 478 g/mol. The van der Waals surface area contributed by atoms with E-state index in [2.05, 4.69) is 16.5 Å². The van der Waals surface area contributed by atoms with Crippen molar-refractivity contribution in [2.24, 2.45) is 5.92 Å². The fraction of sp³-hybridized carbons (Fsp3) is 0.320. The first-order chi connectivity index (χ1) is 16.2. The molecule has 176 valence electrons. The van der Waals surface area contributed by atoms with Crippen LogP contribution in [0, 0.1) is 38.0 Å². The molecule has 1 aliphatic heterocycles. The topological polar surface area (TPSA) is 108 Å². The van der Waals surface area contributed by atoms with Crippen LogP contribution in [0.5, 0.6) is 0 Å². The minimum absolute atomic E-state index is 0.138. The van der Waals surface area contributed by atoms with Crippen molar-refractivity contribution in [2.75, 3.05) is 18.4 Å². The zero-order chi connectivity index (χ0) is 24.5. The smallest absolute Gasteiger partial charge is 0.243 e. The predicted octanol–water partition coefficient (Wildman–Crippen LogP) is 3.71. The third-order valence-corrected chi connectivity index (χ3v) is 7.89. The van der Waals surface area contributed by atoms with Crippen LogP contribution >= 0.6 is 0 Å². The fourth-order valence-corrected chi connectivity index (χ4v) is 5.77. The number of hydrogen-bond acceptors (Lipinski definition) is 5. The quantitative estimate of drug-likeness (QED) is 0.603. The highest BCUT2D eigenvalue weighted by Crippen LogP contribution is 2.26. The Bertz CT molecular complexity index is 1340. The number of sulfonamides is 1. The van der Waals surface area contributed by atoms with E-state index in [9.17, 15) is 13.2 Å². The van der Waals surface area contributed by atoms with Gasteiger partial charge in [0.25, 0.3) is 0 Å². The lowest BCUT2D eigenvalue weighted by Crippen LogP contribution is -2.41. The minimum Gasteiger partial charge on any atom is -0.310 e. The molecule has 1 N–H and O–H groups in total. The van der Waals surface area contributed by atoms with Crippen LogP contribution in [0.2, 0.25) is 0 Å². The van der Waals surface area contributed by atoms with Crippen molar-refractivity contribution in [3.63, 3.8) is 0 Å². The van der Waals surface area contributed by atoms with Gasteiger partial charge in [0.05, 0.1) is 27.9 Å². The van der Waals surface area contributed by atoms with E-state index < -0.39 is 10.0 Å². The molecule has 4 rings (SSSR count). The number of nitriles is 1. The molecular weight excluding hydrogens is 450 g/mol. The lowest BCUT2D eigenvalue weighted by Gasteiger charge is -2.30. The molecule has 8 nitrogen and oxygen atoms in total. The van der Waals surface area contributed by atoms with E-state index in [4.69, 9.17) is 5.26 Å². The van der Waals surface area contributed by atoms with E-state index >= 15 is 0 Å². The van der Waals surface area contributed by atoms with Crippen LogP contribution < -0.4 is 5.32 Å². The van der Waals surface area contributed by atoms with E-state index in [1.54, 1.807) is 4.68 Å². The van der Waals surface area contributed by atoms with Gasteiger partial charge in [0, 0.05) is 25.1 Å². The number of carbonyl (C=O) groups is 1. The Morgan fingerprint density at radius 1 is 1.03 bits per heavy atom. The summed E-state index contributed by atoms with van der Waals surface area (Å²) in [6.45, 7) is 6.43. The molecule has 3 aromatic rings. The number of amides is 1. The molecular formula is C25H27N5O3S. The van der Waals surface area contributed by atoms with Crippen molar-refractivity contribution in [3.8, 4) is 11.8 Å². The minimum atomic E-state index is -3.66. The van der Waals surface area contributed by atoms with Gasteiger partial charge in [-0.1, -0.05) is 6.07 Å². The number of aromatic nitrogens is 2. The van der Waals surface area contributed by atoms with Crippen molar-refractivity contribution in [1.82, 2.24) is 14.1 Å². The van der Waals surface area contributed by atoms with E-state index in [0.717, 1.165) is 22.5 Å². The Hall–Kier alpha value is -3.48. The lowest BCUT2D eigenvalue weighted by atomic mass is 9.97. The molecule has 2 aromatic carbocycles. The monoisotopic (exact) mass is 477 g/mol. The van der Waals surface area contributed by atoms with Gasteiger partial charge in [-0.05, 0) is 81.1 Å². The molecule has 0 bridgehead atoms. The normalized spacial score (nSPS) is 15.1. The van der Waals surface area contributed by atoms with Crippen molar-refractivity contribution in [3.05, 3.63) is 70.9 Å². The highest BCUT2D eigenvalue weighted by atomic mass is 32.2. The number of aryl methyl sites for hydroxylation is 3. The molecule has 0 aliphatic carbocycles. The van der Waals surface area contributed by atoms with Gasteiger partial charge in [0.15, 0.2) is 0 Å². The van der Waals surface area contributed by atoms with Gasteiger partial charge in [0.2, 0.25) is 15.9 Å². The second-order valence-corrected chi connectivity index (χ2v) is 10.7. The molecule has 1 aromatic heterocycles. The highest BCUT2D eigenvalue weighted by Gasteiger charge is 2.32. The molecule has 0 radical (unpaired) electrons. The van der Waals surface area contributed by atoms with Crippen molar-refractivity contribution in [1.29, 1.82) is 5.26 Å². The van der Waals surface area contributed by atoms with Crippen LogP contribution in [0.1, 0.15) is 35.2 Å². The van der Waals surface area contributed by atoms with Gasteiger partial charge >= 0.3 is 0 Å². The van der Waals surface area contributed by atoms with Crippen LogP contribution in [0.4, 0.5) is 5.82 Å². The molecule has 0 unspecified atom stereocenters. The van der Waals surface area contributed by atoms with Crippen LogP contribution in [-0.4, -0.2) is 41.5 Å². The van der Waals surface area contributed by atoms with E-state index in [1.165, 1.54) is 28.6 Å². The van der Waals surface area contributed by atoms with Gasteiger partial charge in [-0.3, -0.25) is 4.79 Å². The van der Waals surface area contributed by atoms with Crippen LogP contribution in [-0.2, 0) is 14.8 Å². The first kappa shape index (κ1) is 23.7. The molecule has 34 heavy (non-hydrogen) atoms. The second-order valence-electron chi connectivity index (χ2n) is 8.73. The summed E-state index contributed by atoms with van der Waals surface area (Å²) in [5, 5.41) is 16.5. The third-order valence-electron chi connectivity index (χ3n) is 5.98. The summed E-state index contributed by atoms with van der Waals surface area (Å²) >= 11 is 0. The fourth-order valence-electron chi connectivity index (χ4n) is 4.30. The first-order valence-corrected chi connectivity index (χ1v) is 12.6. The summed E-state index contributed by atoms with van der Waals surface area (Å²) in [4.78, 5) is 13.2. The van der Waals surface area contributed by atoms with Crippen molar-refractivity contribution >= 4 is 21.7 Å². The predicted molar refractivity (Wildman–Crippen MR) is 129 cm³/mol. The largest absolute Gasteiger partial charge is 0.310 e. The van der Waals surface area contributed by atoms with Gasteiger partial charge < -0.3 is 5.32 Å². The number of rotatable bonds is 5. The summed E-state index contributed by atoms with van der Waals surface area (Å²) in [5.74, 6) is 0.163. The van der Waals surface area contributed by atoms with Crippen LogP contribution in [0.3, 0.4) is 0 Å². The molecule has 0 spiro atoms. The van der Waals surface area contributed by atoms with Gasteiger partial charge in [-0.15, -0.1) is 0 Å². The van der Waals surface area contributed by atoms with E-state index in [-0.39, 0.29) is 29.8 Å². The Balaban J connectivity index is 1.44. The Morgan fingerprint density at radius 3 is 2.24 bits per heavy atom. The molecule has 9 heteroatoms. The molecule has 1 saturated heterocycles. The third kappa shape index (κ3) is 4.88. The summed E-state index contributed by atoms with van der Waals surface area (Å²) in [7, 11) is -3.66. The summed E-state index contributed by atoms with van der Waals surface area (Å²) < 4.78 is 29.0. The molecule has 0 atom stereocenters. The summed E-state index contributed by atoms with van der Waals surface area (Å²) in [5.41, 5.74) is 4.29. The zero-order valence-electron chi connectivity index (χ0n) is 19.4. The molecule has 1 fully saturated rings. The molecule has 1 amide bonds. The molecule has 1 aliphatic rings. The Labute approximate surface area is 199 Å². The van der Waals surface area contributed by atoms with Gasteiger partial charge in [0.1, 0.15) is 5.82 Å². The number of piperidine rings is 1. The SMILES string of the molecule is Cc1cc(C)cc(-n2nc(C)cc2NC(=O)C2CCN(S(=O)(=O)c3ccc(C#N)cc3)CC2)c1. The van der Waals surface area contributed by atoms with E-state index in [1.807, 2.05) is 45.0 Å². The number of hydrogen-bond donors (Lipinski definition) is 1. The molecule has 0 saturated carbocycles. The number of carbonyl (C=O) groups excluding carboxylic acids is 1. The van der Waals surface area contributed by atoms with Gasteiger partial charge in [-0.2, -0.15) is 14.7 Å². The number of benzene rings is 2. The first-order valence-electron chi connectivity index (χ1n) is 11.1. The lowest BCUT2D eigenvalue weighted by molar-refractivity contribution is -0.120. The average Bonchev–Trinajstić information content (AvgIpc) is 3.18. The maximum absolute atomic E-state index is 13.0. The number of nitrogens with one attached hydrogen (secondary N) is 1. The van der Waals surface area contributed by atoms with Crippen molar-refractivity contribution < 1.29 is 13.2 Å². The Morgan fingerprint density at radius 2 is 1.65 bits per heavy atom. The maximum Gasteiger partial charge on any atom is 0.243 e. The van der Waals surface area contributed by atoms with Crippen LogP contribution in [0.25, 0.3) is 5.69 Å². The van der Waals surface area contributed by atoms with Crippen LogP contribution in [0.15, 0.2) is 53.4 Å². The highest BCUT2D eigenvalue weighted by molar-refractivity contribution is 7.89. The second kappa shape index (κ2) is 9.41. The van der Waals surface area contributed by atoms with E-state index in [0.29, 0.717) is 24.2 Å². The standard InChI is InChI=1S/C25H27N5O3S/c1-17-12-18(2)14-22(13-17)30-24(15-19(3)28-30)27-25(31)21-8-10-29(11-9-21)34(32,33)23-6-4-20(16-26)5-7-23/h4-7,12-15,21H,8-11H2,1-3H3,(H,27,31). The molecule has 2 heterocycles. The Kier molecular flexibility index (Phi) is 6.55.